The van der Waals surface area contributed by atoms with Crippen molar-refractivity contribution in [3.63, 3.8) is 0 Å². The number of nitrogens with zero attached hydrogens (tertiary/aromatic N) is 3. The van der Waals surface area contributed by atoms with E-state index in [1.54, 1.807) is 23.5 Å². The second-order valence-electron chi connectivity index (χ2n) is 4.26. The molecule has 0 amide bonds. The molecule has 0 fully saturated rings. The second kappa shape index (κ2) is 4.47. The highest BCUT2D eigenvalue weighted by atomic mass is 32.1. The molecule has 0 aliphatic heterocycles. The van der Waals surface area contributed by atoms with Crippen LogP contribution in [0.3, 0.4) is 0 Å². The Kier molecular flexibility index (Phi) is 2.79. The maximum Gasteiger partial charge on any atom is 0.278 e. The van der Waals surface area contributed by atoms with Gasteiger partial charge >= 0.3 is 0 Å². The van der Waals surface area contributed by atoms with E-state index in [0.717, 1.165) is 15.4 Å². The van der Waals surface area contributed by atoms with E-state index in [1.165, 1.54) is 6.07 Å². The molecule has 0 spiro atoms. The molecule has 96 valence electrons. The molecule has 2 heterocycles. The summed E-state index contributed by atoms with van der Waals surface area (Å²) in [7, 11) is 0. The first-order chi connectivity index (χ1) is 9.15. The number of thiazole rings is 1. The second-order valence-corrected chi connectivity index (χ2v) is 5.58. The van der Waals surface area contributed by atoms with Crippen LogP contribution in [0.5, 0.6) is 0 Å². The Morgan fingerprint density at radius 1 is 1.42 bits per heavy atom. The van der Waals surface area contributed by atoms with Crippen molar-refractivity contribution >= 4 is 27.9 Å². The lowest BCUT2D eigenvalue weighted by molar-refractivity contribution is -0.383. The van der Waals surface area contributed by atoms with Crippen molar-refractivity contribution in [3.8, 4) is 0 Å². The molecule has 19 heavy (non-hydrogen) atoms. The van der Waals surface area contributed by atoms with Crippen LogP contribution < -0.4 is 0 Å². The molecule has 6 heteroatoms. The minimum absolute atomic E-state index is 0.150. The lowest BCUT2D eigenvalue weighted by Crippen LogP contribution is -1.96. The van der Waals surface area contributed by atoms with Crippen LogP contribution in [0.25, 0.3) is 10.9 Å². The van der Waals surface area contributed by atoms with Crippen LogP contribution in [-0.2, 0) is 6.54 Å². The summed E-state index contributed by atoms with van der Waals surface area (Å²) in [6.07, 6.45) is 3.73. The zero-order chi connectivity index (χ0) is 13.4. The molecule has 0 aliphatic rings. The first-order valence-electron chi connectivity index (χ1n) is 5.79. The predicted molar refractivity (Wildman–Crippen MR) is 74.5 cm³/mol. The van der Waals surface area contributed by atoms with Gasteiger partial charge in [-0.15, -0.1) is 11.3 Å². The van der Waals surface area contributed by atoms with E-state index in [4.69, 9.17) is 0 Å². The lowest BCUT2D eigenvalue weighted by atomic mass is 10.2. The maximum absolute atomic E-state index is 11.0. The van der Waals surface area contributed by atoms with Gasteiger partial charge in [0.1, 0.15) is 0 Å². The summed E-state index contributed by atoms with van der Waals surface area (Å²) < 4.78 is 2.01. The summed E-state index contributed by atoms with van der Waals surface area (Å²) in [6, 6.07) is 6.94. The third-order valence-corrected chi connectivity index (χ3v) is 3.88. The van der Waals surface area contributed by atoms with E-state index in [9.17, 15) is 10.1 Å². The fraction of sp³-hybridized carbons (Fsp3) is 0.154. The van der Waals surface area contributed by atoms with Crippen LogP contribution >= 0.6 is 11.3 Å². The Labute approximate surface area is 113 Å². The molecule has 0 bridgehead atoms. The number of benzene rings is 1. The van der Waals surface area contributed by atoms with Crippen LogP contribution in [0.2, 0.25) is 0 Å². The number of rotatable bonds is 3. The number of aryl methyl sites for hydroxylation is 1. The SMILES string of the molecule is Cc1ncc(Cn2ccc3c([N+](=O)[O-])cccc32)s1. The van der Waals surface area contributed by atoms with Gasteiger partial charge in [0.25, 0.3) is 5.69 Å². The van der Waals surface area contributed by atoms with Crippen LogP contribution in [0.15, 0.2) is 36.7 Å². The third kappa shape index (κ3) is 2.10. The maximum atomic E-state index is 11.0. The number of hydrogen-bond acceptors (Lipinski definition) is 4. The Hall–Kier alpha value is -2.21. The first-order valence-corrected chi connectivity index (χ1v) is 6.60. The average Bonchev–Trinajstić information content (AvgIpc) is 2.97. The van der Waals surface area contributed by atoms with E-state index in [0.29, 0.717) is 11.9 Å². The molecule has 0 atom stereocenters. The van der Waals surface area contributed by atoms with Gasteiger partial charge in [0.05, 0.1) is 27.4 Å². The molecule has 0 saturated carbocycles. The Morgan fingerprint density at radius 2 is 2.26 bits per heavy atom. The molecule has 1 aromatic carbocycles. The number of nitro groups is 1. The predicted octanol–water partition coefficient (Wildman–Crippen LogP) is 3.36. The Balaban J connectivity index is 2.06. The van der Waals surface area contributed by atoms with Crippen molar-refractivity contribution in [2.24, 2.45) is 0 Å². The highest BCUT2D eigenvalue weighted by Gasteiger charge is 2.14. The molecular formula is C13H11N3O2S. The molecule has 2 aromatic heterocycles. The van der Waals surface area contributed by atoms with E-state index >= 15 is 0 Å². The monoisotopic (exact) mass is 273 g/mol. The summed E-state index contributed by atoms with van der Waals surface area (Å²) in [4.78, 5) is 16.0. The van der Waals surface area contributed by atoms with Gasteiger partial charge < -0.3 is 4.57 Å². The minimum Gasteiger partial charge on any atom is -0.342 e. The van der Waals surface area contributed by atoms with Crippen molar-refractivity contribution in [1.29, 1.82) is 0 Å². The molecule has 0 N–H and O–H groups in total. The number of fused-ring (bicyclic) bond motifs is 1. The fourth-order valence-electron chi connectivity index (χ4n) is 2.15. The van der Waals surface area contributed by atoms with Crippen molar-refractivity contribution in [2.75, 3.05) is 0 Å². The number of non-ortho nitro benzene ring substituents is 1. The van der Waals surface area contributed by atoms with Crippen LogP contribution in [0, 0.1) is 17.0 Å². The molecule has 0 aliphatic carbocycles. The normalized spacial score (nSPS) is 11.0. The largest absolute Gasteiger partial charge is 0.342 e. The standard InChI is InChI=1S/C13H11N3O2S/c1-9-14-7-10(19-9)8-15-6-5-11-12(15)3-2-4-13(11)16(17)18/h2-7H,8H2,1H3. The molecule has 0 saturated heterocycles. The van der Waals surface area contributed by atoms with Crippen LogP contribution in [0.1, 0.15) is 9.88 Å². The topological polar surface area (TPSA) is 61.0 Å². The first kappa shape index (κ1) is 11.9. The number of aromatic nitrogens is 2. The minimum atomic E-state index is -0.344. The third-order valence-electron chi connectivity index (χ3n) is 2.98. The molecule has 3 rings (SSSR count). The van der Waals surface area contributed by atoms with E-state index in [-0.39, 0.29) is 10.6 Å². The molecular weight excluding hydrogens is 262 g/mol. The Morgan fingerprint density at radius 3 is 2.95 bits per heavy atom. The zero-order valence-electron chi connectivity index (χ0n) is 10.2. The van der Waals surface area contributed by atoms with Gasteiger partial charge in [-0.3, -0.25) is 10.1 Å². The van der Waals surface area contributed by atoms with Crippen molar-refractivity contribution in [3.05, 3.63) is 56.7 Å². The van der Waals surface area contributed by atoms with Gasteiger partial charge in [-0.1, -0.05) is 6.07 Å². The van der Waals surface area contributed by atoms with Gasteiger partial charge in [0.2, 0.25) is 0 Å². The number of hydrogen-bond donors (Lipinski definition) is 0. The van der Waals surface area contributed by atoms with Crippen molar-refractivity contribution in [1.82, 2.24) is 9.55 Å². The zero-order valence-corrected chi connectivity index (χ0v) is 11.1. The fourth-order valence-corrected chi connectivity index (χ4v) is 2.94. The van der Waals surface area contributed by atoms with Gasteiger partial charge in [-0.2, -0.15) is 0 Å². The summed E-state index contributed by atoms with van der Waals surface area (Å²) in [6.45, 7) is 2.66. The van der Waals surface area contributed by atoms with Gasteiger partial charge in [-0.25, -0.2) is 4.98 Å². The van der Waals surface area contributed by atoms with E-state index < -0.39 is 0 Å². The smallest absolute Gasteiger partial charge is 0.278 e. The molecule has 0 unspecified atom stereocenters. The van der Waals surface area contributed by atoms with Crippen LogP contribution in [0.4, 0.5) is 5.69 Å². The molecule has 5 nitrogen and oxygen atoms in total. The van der Waals surface area contributed by atoms with E-state index in [1.807, 2.05) is 30.0 Å². The summed E-state index contributed by atoms with van der Waals surface area (Å²) in [5.74, 6) is 0. The lowest BCUT2D eigenvalue weighted by Gasteiger charge is -2.02. The highest BCUT2D eigenvalue weighted by Crippen LogP contribution is 2.27. The highest BCUT2D eigenvalue weighted by molar-refractivity contribution is 7.11. The van der Waals surface area contributed by atoms with Crippen molar-refractivity contribution < 1.29 is 4.92 Å². The summed E-state index contributed by atoms with van der Waals surface area (Å²) >= 11 is 1.64. The summed E-state index contributed by atoms with van der Waals surface area (Å²) in [5, 5.41) is 12.7. The Bertz CT molecular complexity index is 760. The van der Waals surface area contributed by atoms with Crippen LogP contribution in [-0.4, -0.2) is 14.5 Å². The molecule has 0 radical (unpaired) electrons. The quantitative estimate of drug-likeness (QED) is 0.543. The molecule has 3 aromatic rings. The average molecular weight is 273 g/mol. The summed E-state index contributed by atoms with van der Waals surface area (Å²) in [5.41, 5.74) is 1.02. The van der Waals surface area contributed by atoms with Gasteiger partial charge in [0.15, 0.2) is 0 Å². The van der Waals surface area contributed by atoms with E-state index in [2.05, 4.69) is 4.98 Å². The van der Waals surface area contributed by atoms with Gasteiger partial charge in [-0.05, 0) is 19.1 Å². The van der Waals surface area contributed by atoms with Gasteiger partial charge in [0, 0.05) is 23.3 Å². The number of nitro benzene ring substituents is 1. The van der Waals surface area contributed by atoms with Crippen molar-refractivity contribution in [2.45, 2.75) is 13.5 Å².